The lowest BCUT2D eigenvalue weighted by Gasteiger charge is -2.24. The van der Waals surface area contributed by atoms with Gasteiger partial charge in [-0.05, 0) is 33.1 Å². The van der Waals surface area contributed by atoms with Gasteiger partial charge in [-0.1, -0.05) is 33.6 Å². The Bertz CT molecular complexity index is 185. The van der Waals surface area contributed by atoms with E-state index in [1.165, 1.54) is 0 Å². The highest BCUT2D eigenvalue weighted by Crippen LogP contribution is 2.23. The molecule has 0 aromatic heterocycles. The molecule has 0 amide bonds. The minimum atomic E-state index is -0.334. The number of hydrogen-bond acceptors (Lipinski definition) is 2. The van der Waals surface area contributed by atoms with Crippen LogP contribution in [0.3, 0.4) is 0 Å². The fourth-order valence-electron chi connectivity index (χ4n) is 1.23. The molecule has 0 saturated carbocycles. The largest absolute Gasteiger partial charge is 0.462 e. The van der Waals surface area contributed by atoms with Crippen molar-refractivity contribution < 1.29 is 9.53 Å². The third-order valence-corrected chi connectivity index (χ3v) is 3.05. The van der Waals surface area contributed by atoms with Crippen LogP contribution in [0.15, 0.2) is 0 Å². The van der Waals surface area contributed by atoms with Crippen LogP contribution in [0.25, 0.3) is 0 Å². The van der Waals surface area contributed by atoms with Crippen molar-refractivity contribution in [1.82, 2.24) is 0 Å². The number of rotatable bonds is 7. The second kappa shape index (κ2) is 6.86. The summed E-state index contributed by atoms with van der Waals surface area (Å²) in [6, 6.07) is 0. The third kappa shape index (κ3) is 5.19. The average Bonchev–Trinajstić information content (AvgIpc) is 2.23. The number of ether oxygens (including phenoxy) is 1. The van der Waals surface area contributed by atoms with Crippen LogP contribution in [0.5, 0.6) is 0 Å². The van der Waals surface area contributed by atoms with E-state index in [0.717, 1.165) is 32.1 Å². The molecule has 1 atom stereocenters. The first-order valence-electron chi connectivity index (χ1n) is 6.19. The molecule has 0 heterocycles. The molecule has 0 rings (SSSR count). The van der Waals surface area contributed by atoms with E-state index in [2.05, 4.69) is 13.8 Å². The quantitative estimate of drug-likeness (QED) is 0.600. The van der Waals surface area contributed by atoms with Gasteiger partial charge in [-0.15, -0.1) is 0 Å². The monoisotopic (exact) mass is 214 g/mol. The fourth-order valence-corrected chi connectivity index (χ4v) is 1.23. The maximum atomic E-state index is 11.8. The highest BCUT2D eigenvalue weighted by atomic mass is 16.5. The van der Waals surface area contributed by atoms with Gasteiger partial charge >= 0.3 is 5.97 Å². The van der Waals surface area contributed by atoms with Crippen molar-refractivity contribution in [3.05, 3.63) is 0 Å². The molecule has 90 valence electrons. The van der Waals surface area contributed by atoms with Gasteiger partial charge in [0.2, 0.25) is 0 Å². The van der Waals surface area contributed by atoms with Crippen molar-refractivity contribution in [3.63, 3.8) is 0 Å². The molecule has 0 fully saturated rings. The lowest BCUT2D eigenvalue weighted by atomic mass is 9.90. The summed E-state index contributed by atoms with van der Waals surface area (Å²) in [6.45, 7) is 10.1. The van der Waals surface area contributed by atoms with E-state index in [9.17, 15) is 4.79 Å². The van der Waals surface area contributed by atoms with Crippen LogP contribution in [0, 0.1) is 5.41 Å². The van der Waals surface area contributed by atoms with Gasteiger partial charge in [-0.2, -0.15) is 0 Å². The Morgan fingerprint density at radius 3 is 2.27 bits per heavy atom. The van der Waals surface area contributed by atoms with Crippen LogP contribution in [-0.4, -0.2) is 12.1 Å². The normalized spacial score (nSPS) is 13.7. The Labute approximate surface area is 94.4 Å². The van der Waals surface area contributed by atoms with Crippen LogP contribution in [-0.2, 0) is 9.53 Å². The highest BCUT2D eigenvalue weighted by molar-refractivity contribution is 5.75. The van der Waals surface area contributed by atoms with Crippen molar-refractivity contribution >= 4 is 5.97 Å². The Morgan fingerprint density at radius 1 is 1.27 bits per heavy atom. The maximum Gasteiger partial charge on any atom is 0.311 e. The summed E-state index contributed by atoms with van der Waals surface area (Å²) in [5.41, 5.74) is -0.334. The third-order valence-electron chi connectivity index (χ3n) is 3.05. The van der Waals surface area contributed by atoms with Crippen molar-refractivity contribution in [3.8, 4) is 0 Å². The molecular weight excluding hydrogens is 188 g/mol. The maximum absolute atomic E-state index is 11.8. The van der Waals surface area contributed by atoms with Crippen LogP contribution >= 0.6 is 0 Å². The molecule has 2 heteroatoms. The zero-order chi connectivity index (χ0) is 11.9. The Hall–Kier alpha value is -0.530. The van der Waals surface area contributed by atoms with Crippen LogP contribution in [0.2, 0.25) is 0 Å². The van der Waals surface area contributed by atoms with Gasteiger partial charge in [0.1, 0.15) is 6.10 Å². The molecule has 0 aromatic carbocycles. The molecule has 0 aromatic rings. The number of hydrogen-bond donors (Lipinski definition) is 0. The molecule has 0 aliphatic rings. The zero-order valence-corrected chi connectivity index (χ0v) is 10.9. The van der Waals surface area contributed by atoms with Crippen molar-refractivity contribution in [1.29, 1.82) is 0 Å². The van der Waals surface area contributed by atoms with E-state index >= 15 is 0 Å². The Morgan fingerprint density at radius 2 is 1.87 bits per heavy atom. The van der Waals surface area contributed by atoms with Crippen LogP contribution < -0.4 is 0 Å². The van der Waals surface area contributed by atoms with Gasteiger partial charge in [0.15, 0.2) is 0 Å². The number of esters is 1. The van der Waals surface area contributed by atoms with Crippen LogP contribution in [0.4, 0.5) is 0 Å². The van der Waals surface area contributed by atoms with E-state index in [0.29, 0.717) is 0 Å². The van der Waals surface area contributed by atoms with Crippen molar-refractivity contribution in [2.75, 3.05) is 0 Å². The van der Waals surface area contributed by atoms with Gasteiger partial charge in [0.05, 0.1) is 5.41 Å². The molecular formula is C13H26O2. The first-order valence-corrected chi connectivity index (χ1v) is 6.19. The molecule has 15 heavy (non-hydrogen) atoms. The minimum absolute atomic E-state index is 0.0482. The molecule has 0 bridgehead atoms. The molecule has 0 aliphatic carbocycles. The summed E-state index contributed by atoms with van der Waals surface area (Å²) in [7, 11) is 0. The van der Waals surface area contributed by atoms with Crippen molar-refractivity contribution in [2.24, 2.45) is 5.41 Å². The molecule has 0 spiro atoms. The molecule has 1 unspecified atom stereocenters. The minimum Gasteiger partial charge on any atom is -0.462 e. The summed E-state index contributed by atoms with van der Waals surface area (Å²) >= 11 is 0. The molecule has 0 radical (unpaired) electrons. The van der Waals surface area contributed by atoms with Gasteiger partial charge in [-0.3, -0.25) is 4.79 Å². The smallest absolute Gasteiger partial charge is 0.311 e. The number of carbonyl (C=O) groups excluding carboxylic acids is 1. The topological polar surface area (TPSA) is 26.3 Å². The van der Waals surface area contributed by atoms with Crippen molar-refractivity contribution in [2.45, 2.75) is 72.8 Å². The number of unbranched alkanes of at least 4 members (excludes halogenated alkanes) is 1. The van der Waals surface area contributed by atoms with Gasteiger partial charge < -0.3 is 4.74 Å². The lowest BCUT2D eigenvalue weighted by Crippen LogP contribution is -2.29. The van der Waals surface area contributed by atoms with Gasteiger partial charge in [0.25, 0.3) is 0 Å². The summed E-state index contributed by atoms with van der Waals surface area (Å²) < 4.78 is 5.52. The standard InChI is InChI=1S/C13H26O2/c1-6-9-10-11(7-2)15-12(14)13(4,5)8-3/h11H,6-10H2,1-5H3. The van der Waals surface area contributed by atoms with E-state index in [4.69, 9.17) is 4.74 Å². The summed E-state index contributed by atoms with van der Waals surface area (Å²) in [6.07, 6.45) is 5.16. The lowest BCUT2D eigenvalue weighted by molar-refractivity contribution is -0.160. The highest BCUT2D eigenvalue weighted by Gasteiger charge is 2.28. The zero-order valence-electron chi connectivity index (χ0n) is 10.9. The SMILES string of the molecule is CCCCC(CC)OC(=O)C(C)(C)CC. The number of carbonyl (C=O) groups is 1. The van der Waals surface area contributed by atoms with E-state index in [1.54, 1.807) is 0 Å². The summed E-state index contributed by atoms with van der Waals surface area (Å²) in [5, 5.41) is 0. The fraction of sp³-hybridized carbons (Fsp3) is 0.923. The average molecular weight is 214 g/mol. The first-order chi connectivity index (χ1) is 6.97. The molecule has 0 saturated heterocycles. The predicted octanol–water partition coefficient (Wildman–Crippen LogP) is 3.93. The molecule has 0 N–H and O–H groups in total. The first kappa shape index (κ1) is 14.5. The van der Waals surface area contributed by atoms with E-state index in [-0.39, 0.29) is 17.5 Å². The van der Waals surface area contributed by atoms with E-state index in [1.807, 2.05) is 20.8 Å². The summed E-state index contributed by atoms with van der Waals surface area (Å²) in [5.74, 6) is -0.0482. The van der Waals surface area contributed by atoms with Crippen LogP contribution in [0.1, 0.15) is 66.7 Å². The Kier molecular flexibility index (Phi) is 6.62. The predicted molar refractivity (Wildman–Crippen MR) is 63.8 cm³/mol. The second-order valence-electron chi connectivity index (χ2n) is 4.82. The van der Waals surface area contributed by atoms with E-state index < -0.39 is 0 Å². The van der Waals surface area contributed by atoms with Gasteiger partial charge in [0, 0.05) is 0 Å². The second-order valence-corrected chi connectivity index (χ2v) is 4.82. The molecule has 2 nitrogen and oxygen atoms in total. The Balaban J connectivity index is 4.12. The molecule has 0 aliphatic heterocycles. The van der Waals surface area contributed by atoms with Gasteiger partial charge in [-0.25, -0.2) is 0 Å². The summed E-state index contributed by atoms with van der Waals surface area (Å²) in [4.78, 5) is 11.8.